The molecule has 6 heteroatoms. The van der Waals surface area contributed by atoms with Crippen molar-refractivity contribution in [2.45, 2.75) is 26.4 Å². The van der Waals surface area contributed by atoms with Crippen molar-refractivity contribution in [2.24, 2.45) is 0 Å². The van der Waals surface area contributed by atoms with E-state index >= 15 is 0 Å². The third kappa shape index (κ3) is 3.30. The molecule has 0 radical (unpaired) electrons. The lowest BCUT2D eigenvalue weighted by molar-refractivity contribution is -0.135. The van der Waals surface area contributed by atoms with Gasteiger partial charge in [0, 0.05) is 0 Å². The lowest BCUT2D eigenvalue weighted by Crippen LogP contribution is -2.32. The zero-order valence-corrected chi connectivity index (χ0v) is 9.26. The van der Waals surface area contributed by atoms with E-state index in [0.717, 1.165) is 17.4 Å². The average Bonchev–Trinajstić information content (AvgIpc) is 2.15. The Morgan fingerprint density at radius 3 is 2.56 bits per heavy atom. The fraction of sp³-hybridized carbons (Fsp3) is 0.400. The van der Waals surface area contributed by atoms with Crippen LogP contribution in [0.2, 0.25) is 0 Å². The lowest BCUT2D eigenvalue weighted by atomic mass is 10.2. The van der Waals surface area contributed by atoms with E-state index in [-0.39, 0.29) is 5.76 Å². The van der Waals surface area contributed by atoms with Crippen molar-refractivity contribution in [2.75, 3.05) is 0 Å². The van der Waals surface area contributed by atoms with Crippen molar-refractivity contribution in [3.8, 4) is 0 Å². The van der Waals surface area contributed by atoms with Gasteiger partial charge in [0.25, 0.3) is 0 Å². The monoisotopic (exact) mass is 227 g/mol. The number of rotatable bonds is 1. The molecule has 6 nitrogen and oxygen atoms in total. The van der Waals surface area contributed by atoms with E-state index in [4.69, 9.17) is 9.84 Å². The Balaban J connectivity index is 2.74. The van der Waals surface area contributed by atoms with Gasteiger partial charge < -0.3 is 14.6 Å². The van der Waals surface area contributed by atoms with Crippen LogP contribution in [0.15, 0.2) is 24.4 Å². The molecule has 88 valence electrons. The lowest BCUT2D eigenvalue weighted by Gasteiger charge is -2.24. The molecule has 1 N–H and O–H groups in total. The number of hydrogen-bond donors (Lipinski definition) is 1. The van der Waals surface area contributed by atoms with Crippen LogP contribution in [0.3, 0.4) is 0 Å². The van der Waals surface area contributed by atoms with Gasteiger partial charge in [-0.25, -0.2) is 9.59 Å². The third-order valence-electron chi connectivity index (χ3n) is 1.49. The summed E-state index contributed by atoms with van der Waals surface area (Å²) in [6.45, 7) is 5.16. The van der Waals surface area contributed by atoms with Crippen LogP contribution in [-0.2, 0) is 14.3 Å². The predicted molar refractivity (Wildman–Crippen MR) is 54.0 cm³/mol. The molecular weight excluding hydrogens is 214 g/mol. The molecule has 0 aromatic heterocycles. The molecule has 0 aliphatic carbocycles. The summed E-state index contributed by atoms with van der Waals surface area (Å²) >= 11 is 0. The maximum absolute atomic E-state index is 11.5. The number of ether oxygens (including phenoxy) is 2. The highest BCUT2D eigenvalue weighted by Gasteiger charge is 2.23. The number of amides is 1. The van der Waals surface area contributed by atoms with Gasteiger partial charge in [-0.05, 0) is 20.8 Å². The normalized spacial score (nSPS) is 15.2. The summed E-state index contributed by atoms with van der Waals surface area (Å²) in [5.74, 6) is -1.59. The van der Waals surface area contributed by atoms with Gasteiger partial charge in [0.15, 0.2) is 0 Å². The maximum Gasteiger partial charge on any atom is 0.418 e. The van der Waals surface area contributed by atoms with E-state index in [2.05, 4.69) is 4.74 Å². The first-order chi connectivity index (χ1) is 7.29. The molecular formula is C10H13NO5. The molecule has 1 amide bonds. The molecule has 0 bridgehead atoms. The van der Waals surface area contributed by atoms with Crippen LogP contribution in [0, 0.1) is 0 Å². The first kappa shape index (κ1) is 12.1. The number of aliphatic carboxylic acids is 1. The van der Waals surface area contributed by atoms with Crippen molar-refractivity contribution in [1.82, 2.24) is 4.90 Å². The molecule has 0 unspecified atom stereocenters. The second-order valence-corrected chi connectivity index (χ2v) is 4.09. The number of carboxylic acid groups (broad SMARTS) is 1. The smallest absolute Gasteiger partial charge is 0.418 e. The van der Waals surface area contributed by atoms with Crippen molar-refractivity contribution in [3.05, 3.63) is 24.4 Å². The van der Waals surface area contributed by atoms with E-state index in [1.54, 1.807) is 20.8 Å². The van der Waals surface area contributed by atoms with Crippen molar-refractivity contribution < 1.29 is 24.2 Å². The highest BCUT2D eigenvalue weighted by Crippen LogP contribution is 2.14. The summed E-state index contributed by atoms with van der Waals surface area (Å²) < 4.78 is 9.73. The first-order valence-corrected chi connectivity index (χ1v) is 4.59. The molecule has 0 saturated heterocycles. The summed E-state index contributed by atoms with van der Waals surface area (Å²) in [7, 11) is 0. The van der Waals surface area contributed by atoms with Crippen molar-refractivity contribution in [1.29, 1.82) is 0 Å². The van der Waals surface area contributed by atoms with Gasteiger partial charge in [-0.15, -0.1) is 0 Å². The Morgan fingerprint density at radius 2 is 2.06 bits per heavy atom. The zero-order chi connectivity index (χ0) is 12.3. The Kier molecular flexibility index (Phi) is 3.22. The van der Waals surface area contributed by atoms with E-state index in [9.17, 15) is 9.59 Å². The quantitative estimate of drug-likeness (QED) is 0.737. The molecule has 1 aliphatic rings. The standard InChI is InChI=1S/C10H13NO5/c1-10(2,3)16-9(14)11-4-5-15-7(6-11)8(12)13/h4-6H,1-3H3,(H,12,13). The van der Waals surface area contributed by atoms with Gasteiger partial charge >= 0.3 is 12.1 Å². The minimum atomic E-state index is -1.25. The molecule has 1 rings (SSSR count). The summed E-state index contributed by atoms with van der Waals surface area (Å²) in [5, 5.41) is 8.66. The van der Waals surface area contributed by atoms with Gasteiger partial charge in [-0.2, -0.15) is 0 Å². The highest BCUT2D eigenvalue weighted by molar-refractivity contribution is 5.85. The molecule has 0 saturated carbocycles. The van der Waals surface area contributed by atoms with E-state index in [0.29, 0.717) is 0 Å². The fourth-order valence-corrected chi connectivity index (χ4v) is 0.903. The molecule has 0 aromatic carbocycles. The average molecular weight is 227 g/mol. The molecule has 0 aromatic rings. The minimum absolute atomic E-state index is 0.339. The predicted octanol–water partition coefficient (Wildman–Crippen LogP) is 1.65. The van der Waals surface area contributed by atoms with Gasteiger partial charge in [0.05, 0.1) is 12.4 Å². The van der Waals surface area contributed by atoms with Gasteiger partial charge in [0.1, 0.15) is 11.9 Å². The SMILES string of the molecule is CC(C)(C)OC(=O)N1C=COC(C(=O)O)=C1. The second kappa shape index (κ2) is 4.26. The molecule has 0 fully saturated rings. The van der Waals surface area contributed by atoms with Gasteiger partial charge in [-0.3, -0.25) is 4.90 Å². The van der Waals surface area contributed by atoms with Crippen LogP contribution < -0.4 is 0 Å². The minimum Gasteiger partial charge on any atom is -0.475 e. The fourth-order valence-electron chi connectivity index (χ4n) is 0.903. The van der Waals surface area contributed by atoms with E-state index in [1.165, 1.54) is 6.20 Å². The van der Waals surface area contributed by atoms with Crippen LogP contribution in [0.1, 0.15) is 20.8 Å². The molecule has 0 spiro atoms. The summed E-state index contributed by atoms with van der Waals surface area (Å²) in [6.07, 6.45) is 2.77. The Morgan fingerprint density at radius 1 is 1.44 bits per heavy atom. The van der Waals surface area contributed by atoms with Crippen LogP contribution in [0.25, 0.3) is 0 Å². The van der Waals surface area contributed by atoms with Crippen molar-refractivity contribution >= 4 is 12.1 Å². The summed E-state index contributed by atoms with van der Waals surface area (Å²) in [6, 6.07) is 0. The summed E-state index contributed by atoms with van der Waals surface area (Å²) in [4.78, 5) is 23.2. The topological polar surface area (TPSA) is 76.1 Å². The molecule has 1 aliphatic heterocycles. The first-order valence-electron chi connectivity index (χ1n) is 4.59. The molecule has 0 atom stereocenters. The van der Waals surface area contributed by atoms with Crippen LogP contribution in [0.4, 0.5) is 4.79 Å². The van der Waals surface area contributed by atoms with Gasteiger partial charge in [-0.1, -0.05) is 0 Å². The summed E-state index contributed by atoms with van der Waals surface area (Å²) in [5.41, 5.74) is -0.638. The van der Waals surface area contributed by atoms with E-state index < -0.39 is 17.7 Å². The Bertz CT molecular complexity index is 364. The van der Waals surface area contributed by atoms with Crippen LogP contribution in [0.5, 0.6) is 0 Å². The van der Waals surface area contributed by atoms with Crippen molar-refractivity contribution in [3.63, 3.8) is 0 Å². The highest BCUT2D eigenvalue weighted by atomic mass is 16.6. The number of hydrogen-bond acceptors (Lipinski definition) is 4. The second-order valence-electron chi connectivity index (χ2n) is 4.09. The number of carbonyl (C=O) groups is 2. The third-order valence-corrected chi connectivity index (χ3v) is 1.49. The Labute approximate surface area is 92.7 Å². The largest absolute Gasteiger partial charge is 0.475 e. The number of nitrogens with zero attached hydrogens (tertiary/aromatic N) is 1. The maximum atomic E-state index is 11.5. The van der Waals surface area contributed by atoms with Gasteiger partial charge in [0.2, 0.25) is 5.76 Å². The Hall–Kier alpha value is -1.98. The number of carbonyl (C=O) groups excluding carboxylic acids is 1. The van der Waals surface area contributed by atoms with E-state index in [1.807, 2.05) is 0 Å². The zero-order valence-electron chi connectivity index (χ0n) is 9.26. The van der Waals surface area contributed by atoms with Crippen LogP contribution >= 0.6 is 0 Å². The molecule has 1 heterocycles. The molecule has 16 heavy (non-hydrogen) atoms. The van der Waals surface area contributed by atoms with Crippen LogP contribution in [-0.4, -0.2) is 27.7 Å². The number of carboxylic acids is 1.